The van der Waals surface area contributed by atoms with E-state index in [0.29, 0.717) is 31.0 Å². The van der Waals surface area contributed by atoms with E-state index in [4.69, 9.17) is 4.74 Å². The maximum absolute atomic E-state index is 12.8. The maximum Gasteiger partial charge on any atom is 0.416 e. The molecule has 1 amide bonds. The molecule has 186 valence electrons. The van der Waals surface area contributed by atoms with E-state index in [-0.39, 0.29) is 28.7 Å². The number of ketones is 1. The van der Waals surface area contributed by atoms with Crippen LogP contribution in [-0.2, 0) is 10.9 Å². The summed E-state index contributed by atoms with van der Waals surface area (Å²) in [7, 11) is 1.63. The van der Waals surface area contributed by atoms with Gasteiger partial charge in [0.2, 0.25) is 0 Å². The Labute approximate surface area is 196 Å². The van der Waals surface area contributed by atoms with E-state index in [0.717, 1.165) is 12.1 Å². The zero-order chi connectivity index (χ0) is 25.8. The number of hydrogen-bond acceptors (Lipinski definition) is 6. The minimum atomic E-state index is -4.58. The van der Waals surface area contributed by atoms with Crippen molar-refractivity contribution >= 4 is 11.9 Å². The Morgan fingerprint density at radius 2 is 1.79 bits per heavy atom. The number of aromatic hydroxyl groups is 1. The molecule has 10 heteroatoms. The molecule has 1 aromatic carbocycles. The Morgan fingerprint density at radius 3 is 2.32 bits per heavy atom. The van der Waals surface area contributed by atoms with Gasteiger partial charge in [0.25, 0.3) is 0 Å². The van der Waals surface area contributed by atoms with Gasteiger partial charge in [-0.2, -0.15) is 13.2 Å². The average Bonchev–Trinajstić information content (AvgIpc) is 2.71. The lowest BCUT2D eigenvalue weighted by atomic mass is 9.96. The van der Waals surface area contributed by atoms with Crippen LogP contribution in [0.3, 0.4) is 0 Å². The van der Waals surface area contributed by atoms with Crippen molar-refractivity contribution in [3.05, 3.63) is 41.1 Å². The number of Topliss-reactive ketones (excluding diaryl/α,β-unsaturated/α-hetero) is 1. The quantitative estimate of drug-likeness (QED) is 0.515. The lowest BCUT2D eigenvalue weighted by Gasteiger charge is -2.24. The first kappa shape index (κ1) is 27.1. The molecule has 34 heavy (non-hydrogen) atoms. The number of phenols is 1. The molecule has 0 saturated heterocycles. The first-order valence-electron chi connectivity index (χ1n) is 10.8. The molecule has 0 bridgehead atoms. The van der Waals surface area contributed by atoms with Crippen LogP contribution >= 0.6 is 0 Å². The van der Waals surface area contributed by atoms with Crippen LogP contribution in [0.15, 0.2) is 24.3 Å². The zero-order valence-electron chi connectivity index (χ0n) is 20.2. The van der Waals surface area contributed by atoms with Gasteiger partial charge in [-0.05, 0) is 70.4 Å². The molecule has 0 radical (unpaired) electrons. The second kappa shape index (κ2) is 10.4. The smallest absolute Gasteiger partial charge is 0.416 e. The first-order chi connectivity index (χ1) is 15.6. The van der Waals surface area contributed by atoms with Crippen LogP contribution in [0, 0.1) is 12.8 Å². The molecule has 0 fully saturated rings. The minimum absolute atomic E-state index is 0.0928. The number of halogens is 3. The summed E-state index contributed by atoms with van der Waals surface area (Å²) in [4.78, 5) is 26.3. The number of carbonyl (C=O) groups is 2. The molecular formula is C24H30F3N3O4. The number of amides is 1. The number of aromatic nitrogens is 2. The number of rotatable bonds is 7. The van der Waals surface area contributed by atoms with Crippen LogP contribution in [0.4, 0.5) is 18.0 Å². The van der Waals surface area contributed by atoms with Gasteiger partial charge in [0.1, 0.15) is 17.0 Å². The lowest BCUT2D eigenvalue weighted by Crippen LogP contribution is -2.34. The number of aryl methyl sites for hydroxylation is 1. The van der Waals surface area contributed by atoms with Gasteiger partial charge in [-0.15, -0.1) is 10.2 Å². The third kappa shape index (κ3) is 7.16. The van der Waals surface area contributed by atoms with Gasteiger partial charge in [0.05, 0.1) is 11.3 Å². The molecular weight excluding hydrogens is 451 g/mol. The normalized spacial score (nSPS) is 12.9. The van der Waals surface area contributed by atoms with Gasteiger partial charge in [-0.3, -0.25) is 4.79 Å². The topological polar surface area (TPSA) is 92.6 Å². The molecule has 2 aromatic rings. The standard InChI is InChI=1S/C24H30F3N3O4/c1-14(8-7-11-30(6)22(33)34-23(3,4)5)21(32)18-12-15(2)20(29-28-18)17-10-9-16(13-19(17)31)24(25,26)27/h9-10,12-14,31H,7-8,11H2,1-6H3/t14-/m0/s1. The number of alkyl halides is 3. The van der Waals surface area contributed by atoms with Gasteiger partial charge < -0.3 is 14.7 Å². The van der Waals surface area contributed by atoms with Crippen molar-refractivity contribution in [2.24, 2.45) is 5.92 Å². The molecule has 0 saturated carbocycles. The molecule has 1 aromatic heterocycles. The second-order valence-corrected chi connectivity index (χ2v) is 9.30. The fourth-order valence-corrected chi connectivity index (χ4v) is 3.23. The van der Waals surface area contributed by atoms with Crippen LogP contribution in [0.5, 0.6) is 5.75 Å². The van der Waals surface area contributed by atoms with Crippen molar-refractivity contribution in [2.45, 2.75) is 59.2 Å². The number of benzene rings is 1. The molecule has 1 N–H and O–H groups in total. The van der Waals surface area contributed by atoms with Crippen molar-refractivity contribution in [2.75, 3.05) is 13.6 Å². The van der Waals surface area contributed by atoms with Crippen molar-refractivity contribution in [1.29, 1.82) is 0 Å². The van der Waals surface area contributed by atoms with Gasteiger partial charge in [0.15, 0.2) is 5.78 Å². The number of hydrogen-bond donors (Lipinski definition) is 1. The molecule has 0 spiro atoms. The van der Waals surface area contributed by atoms with Crippen LogP contribution in [0.25, 0.3) is 11.3 Å². The highest BCUT2D eigenvalue weighted by molar-refractivity contribution is 5.96. The summed E-state index contributed by atoms with van der Waals surface area (Å²) >= 11 is 0. The third-order valence-electron chi connectivity index (χ3n) is 5.10. The number of carbonyl (C=O) groups excluding carboxylic acids is 2. The van der Waals surface area contributed by atoms with Crippen LogP contribution < -0.4 is 0 Å². The fourth-order valence-electron chi connectivity index (χ4n) is 3.23. The molecule has 1 heterocycles. The summed E-state index contributed by atoms with van der Waals surface area (Å²) in [5, 5.41) is 18.0. The van der Waals surface area contributed by atoms with Crippen molar-refractivity contribution in [1.82, 2.24) is 15.1 Å². The second-order valence-electron chi connectivity index (χ2n) is 9.30. The number of phenolic OH excluding ortho intramolecular Hbond substituents is 1. The number of ether oxygens (including phenoxy) is 1. The van der Waals surface area contributed by atoms with Gasteiger partial charge in [0, 0.05) is 25.1 Å². The summed E-state index contributed by atoms with van der Waals surface area (Å²) in [5.41, 5.74) is -0.665. The van der Waals surface area contributed by atoms with E-state index >= 15 is 0 Å². The van der Waals surface area contributed by atoms with E-state index < -0.39 is 29.2 Å². The predicted molar refractivity (Wildman–Crippen MR) is 120 cm³/mol. The Hall–Kier alpha value is -3.17. The van der Waals surface area contributed by atoms with E-state index in [9.17, 15) is 27.9 Å². The predicted octanol–water partition coefficient (Wildman–Crippen LogP) is 5.64. The Bertz CT molecular complexity index is 1050. The van der Waals surface area contributed by atoms with Crippen molar-refractivity contribution in [3.63, 3.8) is 0 Å². The molecule has 0 aliphatic heterocycles. The summed E-state index contributed by atoms with van der Waals surface area (Å²) in [6.07, 6.45) is -3.93. The maximum atomic E-state index is 12.8. The Balaban J connectivity index is 2.04. The Morgan fingerprint density at radius 1 is 1.15 bits per heavy atom. The number of nitrogens with zero attached hydrogens (tertiary/aromatic N) is 3. The van der Waals surface area contributed by atoms with Gasteiger partial charge >= 0.3 is 12.3 Å². The Kier molecular flexibility index (Phi) is 8.28. The average molecular weight is 482 g/mol. The van der Waals surface area contributed by atoms with Crippen molar-refractivity contribution in [3.8, 4) is 17.0 Å². The van der Waals surface area contributed by atoms with E-state index in [2.05, 4.69) is 10.2 Å². The highest BCUT2D eigenvalue weighted by atomic mass is 19.4. The van der Waals surface area contributed by atoms with E-state index in [1.54, 1.807) is 41.7 Å². The monoisotopic (exact) mass is 481 g/mol. The van der Waals surface area contributed by atoms with E-state index in [1.807, 2.05) is 0 Å². The summed E-state index contributed by atoms with van der Waals surface area (Å²) in [6.45, 7) is 9.16. The van der Waals surface area contributed by atoms with Crippen LogP contribution in [-0.4, -0.2) is 51.3 Å². The molecule has 0 aliphatic rings. The van der Waals surface area contributed by atoms with Crippen molar-refractivity contribution < 1.29 is 32.6 Å². The highest BCUT2D eigenvalue weighted by Gasteiger charge is 2.31. The van der Waals surface area contributed by atoms with E-state index in [1.165, 1.54) is 11.0 Å². The molecule has 0 unspecified atom stereocenters. The zero-order valence-corrected chi connectivity index (χ0v) is 20.2. The lowest BCUT2D eigenvalue weighted by molar-refractivity contribution is -0.137. The molecule has 7 nitrogen and oxygen atoms in total. The molecule has 2 rings (SSSR count). The summed E-state index contributed by atoms with van der Waals surface area (Å²) < 4.78 is 43.8. The van der Waals surface area contributed by atoms with Gasteiger partial charge in [-0.25, -0.2) is 4.79 Å². The molecule has 0 aliphatic carbocycles. The summed E-state index contributed by atoms with van der Waals surface area (Å²) in [6, 6.07) is 4.11. The fraction of sp³-hybridized carbons (Fsp3) is 0.500. The highest BCUT2D eigenvalue weighted by Crippen LogP contribution is 2.36. The summed E-state index contributed by atoms with van der Waals surface area (Å²) in [5.74, 6) is -1.20. The van der Waals surface area contributed by atoms with Crippen LogP contribution in [0.1, 0.15) is 62.2 Å². The SMILES string of the molecule is Cc1cc(C(=O)[C@@H](C)CCCN(C)C(=O)OC(C)(C)C)nnc1-c1ccc(C(F)(F)F)cc1O. The first-order valence-corrected chi connectivity index (χ1v) is 10.8. The van der Waals surface area contributed by atoms with Crippen LogP contribution in [0.2, 0.25) is 0 Å². The third-order valence-corrected chi connectivity index (χ3v) is 5.10. The molecule has 1 atom stereocenters. The minimum Gasteiger partial charge on any atom is -0.507 e. The largest absolute Gasteiger partial charge is 0.507 e. The van der Waals surface area contributed by atoms with Gasteiger partial charge in [-0.1, -0.05) is 6.92 Å².